The molecule has 1 N–H and O–H groups in total. The first-order chi connectivity index (χ1) is 8.45. The normalized spacial score (nSPS) is 9.56. The van der Waals surface area contributed by atoms with Gasteiger partial charge in [-0.3, -0.25) is 14.9 Å². The van der Waals surface area contributed by atoms with Gasteiger partial charge in [-0.05, 0) is 0 Å². The molecule has 1 aromatic rings. The van der Waals surface area contributed by atoms with Crippen LogP contribution in [-0.4, -0.2) is 34.6 Å². The summed E-state index contributed by atoms with van der Waals surface area (Å²) >= 11 is 0. The van der Waals surface area contributed by atoms with E-state index in [2.05, 4.69) is 4.98 Å². The zero-order chi connectivity index (χ0) is 13.7. The molecule has 0 amide bonds. The molecule has 0 atom stereocenters. The van der Waals surface area contributed by atoms with Gasteiger partial charge in [0.1, 0.15) is 23.6 Å². The Hall–Kier alpha value is -2.69. The monoisotopic (exact) mass is 250 g/mol. The maximum atomic E-state index is 10.5. The largest absolute Gasteiger partial charge is 0.481 e. The lowest BCUT2D eigenvalue weighted by Crippen LogP contribution is -2.23. The number of pyridine rings is 1. The van der Waals surface area contributed by atoms with Gasteiger partial charge in [-0.15, -0.1) is 0 Å². The van der Waals surface area contributed by atoms with Crippen LogP contribution in [0.2, 0.25) is 0 Å². The van der Waals surface area contributed by atoms with Crippen LogP contribution in [-0.2, 0) is 4.79 Å². The second-order valence-electron chi connectivity index (χ2n) is 3.50. The zero-order valence-electron chi connectivity index (χ0n) is 9.53. The predicted octanol–water partition coefficient (Wildman–Crippen LogP) is 0.772. The average Bonchev–Trinajstić information content (AvgIpc) is 2.34. The molecule has 0 aliphatic rings. The van der Waals surface area contributed by atoms with E-state index in [-0.39, 0.29) is 30.0 Å². The molecule has 0 saturated heterocycles. The number of hydrogen-bond acceptors (Lipinski definition) is 6. The summed E-state index contributed by atoms with van der Waals surface area (Å²) in [5.74, 6) is -0.744. The van der Waals surface area contributed by atoms with Crippen LogP contribution in [0, 0.1) is 21.4 Å². The van der Waals surface area contributed by atoms with E-state index < -0.39 is 10.9 Å². The van der Waals surface area contributed by atoms with Crippen LogP contribution in [0.15, 0.2) is 12.3 Å². The molecule has 0 aromatic carbocycles. The van der Waals surface area contributed by atoms with Crippen molar-refractivity contribution in [2.24, 2.45) is 0 Å². The van der Waals surface area contributed by atoms with Crippen LogP contribution in [0.25, 0.3) is 0 Å². The number of hydrogen-bond donors (Lipinski definition) is 1. The van der Waals surface area contributed by atoms with Crippen LogP contribution < -0.4 is 4.90 Å². The van der Waals surface area contributed by atoms with Crippen molar-refractivity contribution in [1.82, 2.24) is 4.98 Å². The second kappa shape index (κ2) is 5.58. The number of nitro groups is 1. The molecule has 0 aliphatic heterocycles. The maximum Gasteiger partial charge on any atom is 0.305 e. The molecule has 8 heteroatoms. The van der Waals surface area contributed by atoms with E-state index in [4.69, 9.17) is 10.4 Å². The van der Waals surface area contributed by atoms with Gasteiger partial charge in [-0.2, -0.15) is 5.26 Å². The topological polar surface area (TPSA) is 120 Å². The first-order valence-electron chi connectivity index (χ1n) is 4.93. The number of aromatic nitrogens is 1. The van der Waals surface area contributed by atoms with Crippen molar-refractivity contribution in [2.45, 2.75) is 6.42 Å². The minimum Gasteiger partial charge on any atom is -0.481 e. The van der Waals surface area contributed by atoms with Crippen LogP contribution >= 0.6 is 0 Å². The number of carboxylic acid groups (broad SMARTS) is 1. The molecule has 1 aromatic heterocycles. The highest BCUT2D eigenvalue weighted by molar-refractivity contribution is 5.68. The summed E-state index contributed by atoms with van der Waals surface area (Å²) in [6.07, 6.45) is 0.924. The van der Waals surface area contributed by atoms with Crippen LogP contribution in [0.3, 0.4) is 0 Å². The van der Waals surface area contributed by atoms with Gasteiger partial charge in [0.2, 0.25) is 0 Å². The van der Waals surface area contributed by atoms with Gasteiger partial charge < -0.3 is 10.0 Å². The summed E-state index contributed by atoms with van der Waals surface area (Å²) in [5.41, 5.74) is -0.237. The Morgan fingerprint density at radius 3 is 2.89 bits per heavy atom. The third kappa shape index (κ3) is 3.15. The van der Waals surface area contributed by atoms with Crippen molar-refractivity contribution >= 4 is 17.5 Å². The predicted molar refractivity (Wildman–Crippen MR) is 61.1 cm³/mol. The summed E-state index contributed by atoms with van der Waals surface area (Å²) < 4.78 is 0. The molecule has 0 unspecified atom stereocenters. The van der Waals surface area contributed by atoms with E-state index in [0.717, 1.165) is 12.3 Å². The smallest absolute Gasteiger partial charge is 0.305 e. The Morgan fingerprint density at radius 2 is 2.39 bits per heavy atom. The van der Waals surface area contributed by atoms with Gasteiger partial charge in [-0.1, -0.05) is 0 Å². The van der Waals surface area contributed by atoms with Gasteiger partial charge in [0.05, 0.1) is 11.3 Å². The fourth-order valence-electron chi connectivity index (χ4n) is 1.30. The first-order valence-corrected chi connectivity index (χ1v) is 4.93. The second-order valence-corrected chi connectivity index (χ2v) is 3.50. The van der Waals surface area contributed by atoms with E-state index in [1.807, 2.05) is 0 Å². The van der Waals surface area contributed by atoms with Gasteiger partial charge in [0.15, 0.2) is 0 Å². The minimum atomic E-state index is -0.970. The molecular weight excluding hydrogens is 240 g/mol. The number of rotatable bonds is 5. The molecule has 0 spiro atoms. The van der Waals surface area contributed by atoms with Crippen LogP contribution in [0.4, 0.5) is 11.5 Å². The number of carbonyl (C=O) groups is 1. The SMILES string of the molecule is CN(CCC(=O)O)c1ncc([N+](=O)[O-])cc1C#N. The van der Waals surface area contributed by atoms with Gasteiger partial charge in [0.25, 0.3) is 5.69 Å². The number of aliphatic carboxylic acids is 1. The third-order valence-electron chi connectivity index (χ3n) is 2.21. The fraction of sp³-hybridized carbons (Fsp3) is 0.300. The Bertz CT molecular complexity index is 523. The van der Waals surface area contributed by atoms with Crippen molar-refractivity contribution in [3.05, 3.63) is 27.9 Å². The maximum absolute atomic E-state index is 10.5. The molecule has 8 nitrogen and oxygen atoms in total. The van der Waals surface area contributed by atoms with E-state index in [1.165, 1.54) is 4.90 Å². The molecule has 1 rings (SSSR count). The molecule has 0 bridgehead atoms. The molecule has 0 radical (unpaired) electrons. The van der Waals surface area contributed by atoms with Gasteiger partial charge in [-0.25, -0.2) is 4.98 Å². The molecule has 0 aliphatic carbocycles. The molecule has 1 heterocycles. The summed E-state index contributed by atoms with van der Waals surface area (Å²) in [6, 6.07) is 2.91. The molecule has 18 heavy (non-hydrogen) atoms. The first kappa shape index (κ1) is 13.4. The zero-order valence-corrected chi connectivity index (χ0v) is 9.53. The van der Waals surface area contributed by atoms with E-state index >= 15 is 0 Å². The Balaban J connectivity index is 2.99. The standard InChI is InChI=1S/C10H10N4O4/c1-13(3-2-9(15)16)10-7(5-11)4-8(6-12-10)14(17)18/h4,6H,2-3H2,1H3,(H,15,16). The van der Waals surface area contributed by atoms with Crippen molar-refractivity contribution in [2.75, 3.05) is 18.5 Å². The summed E-state index contributed by atoms with van der Waals surface area (Å²) in [5, 5.41) is 28.0. The highest BCUT2D eigenvalue weighted by atomic mass is 16.6. The number of nitriles is 1. The lowest BCUT2D eigenvalue weighted by molar-refractivity contribution is -0.385. The van der Waals surface area contributed by atoms with Gasteiger partial charge >= 0.3 is 5.97 Å². The third-order valence-corrected chi connectivity index (χ3v) is 2.21. The molecule has 0 saturated carbocycles. The molecule has 94 valence electrons. The minimum absolute atomic E-state index is 0.0390. The van der Waals surface area contributed by atoms with Crippen molar-refractivity contribution in [3.63, 3.8) is 0 Å². The van der Waals surface area contributed by atoms with Crippen molar-refractivity contribution in [1.29, 1.82) is 5.26 Å². The summed E-state index contributed by atoms with van der Waals surface area (Å²) in [4.78, 5) is 25.6. The van der Waals surface area contributed by atoms with Crippen LogP contribution in [0.5, 0.6) is 0 Å². The summed E-state index contributed by atoms with van der Waals surface area (Å²) in [6.45, 7) is 0.162. The lowest BCUT2D eigenvalue weighted by Gasteiger charge is -2.17. The quantitative estimate of drug-likeness (QED) is 0.605. The Morgan fingerprint density at radius 1 is 1.72 bits per heavy atom. The summed E-state index contributed by atoms with van der Waals surface area (Å²) in [7, 11) is 1.57. The highest BCUT2D eigenvalue weighted by Gasteiger charge is 2.15. The van der Waals surface area contributed by atoms with Crippen molar-refractivity contribution < 1.29 is 14.8 Å². The van der Waals surface area contributed by atoms with E-state index in [9.17, 15) is 14.9 Å². The fourth-order valence-corrected chi connectivity index (χ4v) is 1.30. The highest BCUT2D eigenvalue weighted by Crippen LogP contribution is 2.20. The van der Waals surface area contributed by atoms with Crippen molar-refractivity contribution in [3.8, 4) is 6.07 Å². The number of carboxylic acids is 1. The molecule has 0 fully saturated rings. The van der Waals surface area contributed by atoms with E-state index in [1.54, 1.807) is 13.1 Å². The van der Waals surface area contributed by atoms with Crippen LogP contribution in [0.1, 0.15) is 12.0 Å². The Kier molecular flexibility index (Phi) is 4.15. The number of nitrogens with zero attached hydrogens (tertiary/aromatic N) is 4. The van der Waals surface area contributed by atoms with Gasteiger partial charge in [0, 0.05) is 19.7 Å². The number of anilines is 1. The lowest BCUT2D eigenvalue weighted by atomic mass is 10.2. The average molecular weight is 250 g/mol. The Labute approximate surface area is 102 Å². The van der Waals surface area contributed by atoms with E-state index in [0.29, 0.717) is 0 Å². The molecular formula is C10H10N4O4.